The Morgan fingerprint density at radius 3 is 2.47 bits per heavy atom. The SMILES string of the molecule is C=C1[C@H](O)CC(=C/C=C2\CCC[C@@]3(C)C2CCC3[C@H](C)CCCC(C)(C)O)C[C@H]1O. The third kappa shape index (κ3) is 5.29. The zero-order valence-corrected chi connectivity index (χ0v) is 19.7. The largest absolute Gasteiger partial charge is 0.390 e. The van der Waals surface area contributed by atoms with E-state index in [0.29, 0.717) is 35.7 Å². The van der Waals surface area contributed by atoms with E-state index in [9.17, 15) is 15.3 Å². The van der Waals surface area contributed by atoms with Gasteiger partial charge in [-0.3, -0.25) is 0 Å². The van der Waals surface area contributed by atoms with Crippen LogP contribution >= 0.6 is 0 Å². The van der Waals surface area contributed by atoms with Crippen LogP contribution in [0.3, 0.4) is 0 Å². The van der Waals surface area contributed by atoms with Crippen molar-refractivity contribution in [2.75, 3.05) is 0 Å². The second-order valence-corrected chi connectivity index (χ2v) is 11.4. The summed E-state index contributed by atoms with van der Waals surface area (Å²) in [7, 11) is 0. The minimum atomic E-state index is -0.615. The maximum absolute atomic E-state index is 10.1. The molecule has 0 aromatic rings. The molecule has 0 bridgehead atoms. The van der Waals surface area contributed by atoms with Crippen molar-refractivity contribution in [2.24, 2.45) is 23.2 Å². The number of rotatable bonds is 6. The number of hydrogen-bond acceptors (Lipinski definition) is 3. The zero-order chi connectivity index (χ0) is 22.1. The molecule has 0 radical (unpaired) electrons. The van der Waals surface area contributed by atoms with Crippen molar-refractivity contribution < 1.29 is 15.3 Å². The molecule has 0 aromatic heterocycles. The van der Waals surface area contributed by atoms with Crippen molar-refractivity contribution in [1.82, 2.24) is 0 Å². The summed E-state index contributed by atoms with van der Waals surface area (Å²) < 4.78 is 0. The van der Waals surface area contributed by atoms with Gasteiger partial charge in [-0.1, -0.05) is 56.6 Å². The van der Waals surface area contributed by atoms with E-state index < -0.39 is 17.8 Å². The van der Waals surface area contributed by atoms with Crippen LogP contribution in [-0.4, -0.2) is 33.1 Å². The highest BCUT2D eigenvalue weighted by molar-refractivity contribution is 5.29. The van der Waals surface area contributed by atoms with E-state index in [2.05, 4.69) is 32.6 Å². The van der Waals surface area contributed by atoms with Crippen LogP contribution in [0, 0.1) is 23.2 Å². The van der Waals surface area contributed by atoms with Gasteiger partial charge in [0.15, 0.2) is 0 Å². The maximum atomic E-state index is 10.1. The standard InChI is InChI=1S/C27H44O3/c1-18(8-6-14-26(3,4)30)22-12-13-23-21(9-7-15-27(22,23)5)11-10-20-16-24(28)19(2)25(29)17-20/h10-11,18,22-25,28-30H,2,6-9,12-17H2,1,3-5H3/b21-11+/t18-,22?,23?,24-,25-,27-/m1/s1. The summed E-state index contributed by atoms with van der Waals surface area (Å²) in [5.41, 5.74) is 3.11. The van der Waals surface area contributed by atoms with Gasteiger partial charge in [0.2, 0.25) is 0 Å². The summed E-state index contributed by atoms with van der Waals surface area (Å²) in [4.78, 5) is 0. The Labute approximate surface area is 184 Å². The van der Waals surface area contributed by atoms with Crippen LogP contribution in [0.4, 0.5) is 0 Å². The van der Waals surface area contributed by atoms with Gasteiger partial charge in [0, 0.05) is 0 Å². The van der Waals surface area contributed by atoms with Crippen molar-refractivity contribution in [1.29, 1.82) is 0 Å². The molecule has 2 unspecified atom stereocenters. The third-order valence-corrected chi connectivity index (χ3v) is 8.47. The van der Waals surface area contributed by atoms with E-state index in [1.165, 1.54) is 38.5 Å². The van der Waals surface area contributed by atoms with Gasteiger partial charge >= 0.3 is 0 Å². The topological polar surface area (TPSA) is 60.7 Å². The summed E-state index contributed by atoms with van der Waals surface area (Å²) in [5, 5.41) is 30.3. The van der Waals surface area contributed by atoms with E-state index in [1.54, 1.807) is 5.57 Å². The van der Waals surface area contributed by atoms with Crippen LogP contribution in [0.2, 0.25) is 0 Å². The van der Waals surface area contributed by atoms with Gasteiger partial charge in [-0.05, 0) is 94.0 Å². The molecule has 30 heavy (non-hydrogen) atoms. The van der Waals surface area contributed by atoms with Crippen molar-refractivity contribution in [3.63, 3.8) is 0 Å². The fourth-order valence-electron chi connectivity index (χ4n) is 6.70. The van der Waals surface area contributed by atoms with Crippen molar-refractivity contribution in [3.8, 4) is 0 Å². The van der Waals surface area contributed by atoms with Crippen molar-refractivity contribution >= 4 is 0 Å². The second kappa shape index (κ2) is 9.30. The average molecular weight is 417 g/mol. The van der Waals surface area contributed by atoms with Crippen LogP contribution in [-0.2, 0) is 0 Å². The van der Waals surface area contributed by atoms with E-state index >= 15 is 0 Å². The lowest BCUT2D eigenvalue weighted by molar-refractivity contribution is 0.0596. The molecule has 3 nitrogen and oxygen atoms in total. The van der Waals surface area contributed by atoms with Crippen LogP contribution in [0.5, 0.6) is 0 Å². The Hall–Kier alpha value is -0.900. The van der Waals surface area contributed by atoms with Crippen LogP contribution < -0.4 is 0 Å². The summed E-state index contributed by atoms with van der Waals surface area (Å²) in [6, 6.07) is 0. The molecule has 0 amide bonds. The number of fused-ring (bicyclic) bond motifs is 1. The van der Waals surface area contributed by atoms with Crippen LogP contribution in [0.25, 0.3) is 0 Å². The highest BCUT2D eigenvalue weighted by Gasteiger charge is 2.50. The number of allylic oxidation sites excluding steroid dienone is 3. The molecular weight excluding hydrogens is 372 g/mol. The van der Waals surface area contributed by atoms with E-state index in [-0.39, 0.29) is 0 Å². The number of aliphatic hydroxyl groups is 3. The predicted octanol–water partition coefficient (Wildman–Crippen LogP) is 5.70. The molecule has 0 aromatic carbocycles. The zero-order valence-electron chi connectivity index (χ0n) is 19.7. The van der Waals surface area contributed by atoms with Gasteiger partial charge in [0.25, 0.3) is 0 Å². The minimum Gasteiger partial charge on any atom is -0.390 e. The highest BCUT2D eigenvalue weighted by atomic mass is 16.3. The van der Waals surface area contributed by atoms with Crippen LogP contribution in [0.1, 0.15) is 91.9 Å². The van der Waals surface area contributed by atoms with Crippen LogP contribution in [0.15, 0.2) is 35.5 Å². The van der Waals surface area contributed by atoms with Gasteiger partial charge in [0.05, 0.1) is 17.8 Å². The Bertz CT molecular complexity index is 667. The second-order valence-electron chi connectivity index (χ2n) is 11.4. The molecule has 0 aliphatic heterocycles. The van der Waals surface area contributed by atoms with Gasteiger partial charge < -0.3 is 15.3 Å². The first-order valence-corrected chi connectivity index (χ1v) is 12.2. The first-order valence-electron chi connectivity index (χ1n) is 12.2. The van der Waals surface area contributed by atoms with E-state index in [1.807, 2.05) is 13.8 Å². The van der Waals surface area contributed by atoms with Crippen molar-refractivity contribution in [3.05, 3.63) is 35.5 Å². The molecule has 0 spiro atoms. The molecule has 3 saturated carbocycles. The molecule has 3 aliphatic rings. The fraction of sp³-hybridized carbons (Fsp3) is 0.778. The summed E-state index contributed by atoms with van der Waals surface area (Å²) in [5.74, 6) is 2.13. The Morgan fingerprint density at radius 2 is 1.83 bits per heavy atom. The maximum Gasteiger partial charge on any atom is 0.0809 e. The van der Waals surface area contributed by atoms with Gasteiger partial charge in [-0.25, -0.2) is 0 Å². The summed E-state index contributed by atoms with van der Waals surface area (Å²) in [6.45, 7) is 12.6. The highest BCUT2D eigenvalue weighted by Crippen LogP contribution is 2.60. The molecule has 3 rings (SSSR count). The number of aliphatic hydroxyl groups excluding tert-OH is 2. The minimum absolute atomic E-state index is 0.386. The molecule has 0 heterocycles. The van der Waals surface area contributed by atoms with Gasteiger partial charge in [-0.15, -0.1) is 0 Å². The molecule has 0 saturated heterocycles. The lowest BCUT2D eigenvalue weighted by atomic mass is 9.60. The third-order valence-electron chi connectivity index (χ3n) is 8.47. The first-order chi connectivity index (χ1) is 14.0. The Kier molecular flexibility index (Phi) is 7.37. The fourth-order valence-corrected chi connectivity index (χ4v) is 6.70. The molecule has 3 heteroatoms. The Balaban J connectivity index is 1.67. The molecule has 3 aliphatic carbocycles. The average Bonchev–Trinajstić information content (AvgIpc) is 3.00. The molecule has 3 fully saturated rings. The molecular formula is C27H44O3. The monoisotopic (exact) mass is 416 g/mol. The lowest BCUT2D eigenvalue weighted by Crippen LogP contribution is -2.36. The normalized spacial score (nSPS) is 37.4. The summed E-state index contributed by atoms with van der Waals surface area (Å²) >= 11 is 0. The summed E-state index contributed by atoms with van der Waals surface area (Å²) in [6.07, 6.45) is 14.0. The quantitative estimate of drug-likeness (QED) is 0.486. The van der Waals surface area contributed by atoms with E-state index in [4.69, 9.17) is 0 Å². The Morgan fingerprint density at radius 1 is 1.17 bits per heavy atom. The first kappa shape index (κ1) is 23.8. The lowest BCUT2D eigenvalue weighted by Gasteiger charge is -2.44. The van der Waals surface area contributed by atoms with Crippen molar-refractivity contribution in [2.45, 2.75) is 110 Å². The number of hydrogen-bond donors (Lipinski definition) is 3. The smallest absolute Gasteiger partial charge is 0.0809 e. The molecule has 6 atom stereocenters. The van der Waals surface area contributed by atoms with Gasteiger partial charge in [0.1, 0.15) is 0 Å². The van der Waals surface area contributed by atoms with Gasteiger partial charge in [-0.2, -0.15) is 0 Å². The predicted molar refractivity (Wildman–Crippen MR) is 124 cm³/mol. The molecule has 3 N–H and O–H groups in total. The van der Waals surface area contributed by atoms with E-state index in [0.717, 1.165) is 24.3 Å². The molecule has 170 valence electrons.